The van der Waals surface area contributed by atoms with Crippen LogP contribution < -0.4 is 5.32 Å². The van der Waals surface area contributed by atoms with Gasteiger partial charge in [0, 0.05) is 19.5 Å². The number of aryl methyl sites for hydroxylation is 1. The number of carbonyl (C=O) groups is 3. The number of benzene rings is 5. The third-order valence-electron chi connectivity index (χ3n) is 8.78. The number of nitrogens with one attached hydrogen (secondary N) is 1. The van der Waals surface area contributed by atoms with Crippen LogP contribution >= 0.6 is 0 Å². The molecule has 0 heterocycles. The van der Waals surface area contributed by atoms with E-state index >= 15 is 0 Å². The summed E-state index contributed by atoms with van der Waals surface area (Å²) >= 11 is 0. The Morgan fingerprint density at radius 1 is 0.577 bits per heavy atom. The maximum Gasteiger partial charge on any atom is 0.329 e. The third kappa shape index (κ3) is 12.0. The van der Waals surface area contributed by atoms with E-state index in [1.54, 1.807) is 4.90 Å². The van der Waals surface area contributed by atoms with Gasteiger partial charge in [-0.15, -0.1) is 0 Å². The van der Waals surface area contributed by atoms with Gasteiger partial charge in [0.05, 0.1) is 5.92 Å². The molecule has 0 saturated carbocycles. The van der Waals surface area contributed by atoms with Crippen molar-refractivity contribution in [1.82, 2.24) is 10.2 Å². The molecule has 2 amide bonds. The van der Waals surface area contributed by atoms with Crippen molar-refractivity contribution in [1.29, 1.82) is 0 Å². The van der Waals surface area contributed by atoms with Gasteiger partial charge < -0.3 is 19.7 Å². The van der Waals surface area contributed by atoms with Crippen LogP contribution in [0.15, 0.2) is 146 Å². The highest BCUT2D eigenvalue weighted by atomic mass is 16.5. The molecule has 0 spiro atoms. The average molecular weight is 697 g/mol. The normalized spacial score (nSPS) is 12.1. The van der Waals surface area contributed by atoms with E-state index in [4.69, 9.17) is 9.47 Å². The van der Waals surface area contributed by atoms with E-state index in [0.717, 1.165) is 33.4 Å². The molecule has 0 aliphatic heterocycles. The van der Waals surface area contributed by atoms with Crippen molar-refractivity contribution in [2.75, 3.05) is 13.1 Å². The van der Waals surface area contributed by atoms with E-state index in [2.05, 4.69) is 5.32 Å². The monoisotopic (exact) mass is 696 g/mol. The second-order valence-electron chi connectivity index (χ2n) is 13.5. The first kappa shape index (κ1) is 37.6. The number of rotatable bonds is 17. The van der Waals surface area contributed by atoms with Gasteiger partial charge in [-0.2, -0.15) is 0 Å². The summed E-state index contributed by atoms with van der Waals surface area (Å²) in [5.74, 6) is -1.38. The maximum absolute atomic E-state index is 14.2. The van der Waals surface area contributed by atoms with Crippen molar-refractivity contribution in [3.63, 3.8) is 0 Å². The van der Waals surface area contributed by atoms with Gasteiger partial charge in [-0.3, -0.25) is 4.79 Å². The van der Waals surface area contributed by atoms with Gasteiger partial charge in [0.2, 0.25) is 0 Å². The van der Waals surface area contributed by atoms with Gasteiger partial charge in [-0.25, -0.2) is 9.59 Å². The van der Waals surface area contributed by atoms with Crippen LogP contribution in [0.5, 0.6) is 0 Å². The van der Waals surface area contributed by atoms with Gasteiger partial charge in [-0.05, 0) is 52.1 Å². The Hall–Kier alpha value is -5.69. The summed E-state index contributed by atoms with van der Waals surface area (Å²) in [6.07, 6.45) is 1.37. The van der Waals surface area contributed by atoms with E-state index in [1.165, 1.54) is 0 Å². The molecular formula is C45H48N2O5. The maximum atomic E-state index is 14.2. The van der Waals surface area contributed by atoms with Gasteiger partial charge in [0.15, 0.2) is 0 Å². The highest BCUT2D eigenvalue weighted by Crippen LogP contribution is 2.22. The SMILES string of the molecule is CC(C)CN(CC(CCc1ccccc1)C(=O)OCc1ccccc1)C(=O)NC(Cc1cccc(-c2ccccc2)c1)C(=O)OCc1ccccc1. The molecule has 1 N–H and O–H groups in total. The molecule has 0 aliphatic carbocycles. The Labute approximate surface area is 307 Å². The minimum absolute atomic E-state index is 0.0840. The molecule has 5 aromatic carbocycles. The molecule has 0 fully saturated rings. The lowest BCUT2D eigenvalue weighted by atomic mass is 9.98. The number of carbonyl (C=O) groups excluding carboxylic acids is 3. The molecule has 5 aromatic rings. The largest absolute Gasteiger partial charge is 0.461 e. The summed E-state index contributed by atoms with van der Waals surface area (Å²) in [5.41, 5.74) is 5.79. The molecule has 2 unspecified atom stereocenters. The fraction of sp³-hybridized carbons (Fsp3) is 0.267. The van der Waals surface area contributed by atoms with Crippen LogP contribution in [-0.2, 0) is 45.1 Å². The first-order chi connectivity index (χ1) is 25.3. The number of hydrogen-bond acceptors (Lipinski definition) is 5. The van der Waals surface area contributed by atoms with Crippen molar-refractivity contribution in [3.8, 4) is 11.1 Å². The topological polar surface area (TPSA) is 84.9 Å². The molecule has 0 saturated heterocycles. The lowest BCUT2D eigenvalue weighted by molar-refractivity contribution is -0.151. The zero-order valence-electron chi connectivity index (χ0n) is 30.0. The Morgan fingerprint density at radius 3 is 1.65 bits per heavy atom. The summed E-state index contributed by atoms with van der Waals surface area (Å²) in [5, 5.41) is 3.00. The fourth-order valence-electron chi connectivity index (χ4n) is 6.07. The van der Waals surface area contributed by atoms with Gasteiger partial charge >= 0.3 is 18.0 Å². The van der Waals surface area contributed by atoms with E-state index in [1.807, 2.05) is 159 Å². The summed E-state index contributed by atoms with van der Waals surface area (Å²) in [6, 6.07) is 45.6. The van der Waals surface area contributed by atoms with Gasteiger partial charge in [0.1, 0.15) is 19.3 Å². The van der Waals surface area contributed by atoms with Gasteiger partial charge in [-0.1, -0.05) is 159 Å². The second-order valence-corrected chi connectivity index (χ2v) is 13.5. The summed E-state index contributed by atoms with van der Waals surface area (Å²) < 4.78 is 11.6. The number of amides is 2. The molecular weight excluding hydrogens is 649 g/mol. The van der Waals surface area contributed by atoms with Gasteiger partial charge in [0.25, 0.3) is 0 Å². The molecule has 7 nitrogen and oxygen atoms in total. The lowest BCUT2D eigenvalue weighted by Gasteiger charge is -2.30. The summed E-state index contributed by atoms with van der Waals surface area (Å²) in [6.45, 7) is 4.80. The summed E-state index contributed by atoms with van der Waals surface area (Å²) in [7, 11) is 0. The highest BCUT2D eigenvalue weighted by Gasteiger charge is 2.30. The smallest absolute Gasteiger partial charge is 0.329 e. The Kier molecular flexibility index (Phi) is 14.2. The number of hydrogen-bond donors (Lipinski definition) is 1. The molecule has 0 aromatic heterocycles. The first-order valence-electron chi connectivity index (χ1n) is 18.0. The van der Waals surface area contributed by atoms with Crippen molar-refractivity contribution in [2.45, 2.75) is 52.4 Å². The predicted molar refractivity (Wildman–Crippen MR) is 205 cm³/mol. The van der Waals surface area contributed by atoms with Crippen molar-refractivity contribution in [2.24, 2.45) is 11.8 Å². The molecule has 52 heavy (non-hydrogen) atoms. The van der Waals surface area contributed by atoms with Crippen LogP contribution in [0.1, 0.15) is 42.5 Å². The fourth-order valence-corrected chi connectivity index (χ4v) is 6.07. The standard InChI is InChI=1S/C45H48N2O5/c1-34(2)30-47(31-41(27-26-35-16-7-3-8-17-35)43(48)51-32-36-18-9-4-10-19-36)45(50)46-42(44(49)52-33-37-20-11-5-12-21-37)29-38-22-15-25-40(28-38)39-23-13-6-14-24-39/h3-25,28,34,41-42H,26-27,29-33H2,1-2H3,(H,46,50). The quantitative estimate of drug-likeness (QED) is 0.0984. The van der Waals surface area contributed by atoms with E-state index in [9.17, 15) is 14.4 Å². The molecule has 0 radical (unpaired) electrons. The van der Waals surface area contributed by atoms with E-state index < -0.39 is 24.0 Å². The molecule has 7 heteroatoms. The predicted octanol–water partition coefficient (Wildman–Crippen LogP) is 8.67. The zero-order valence-corrected chi connectivity index (χ0v) is 30.0. The second kappa shape index (κ2) is 19.6. The van der Waals surface area contributed by atoms with E-state index in [0.29, 0.717) is 19.4 Å². The lowest BCUT2D eigenvalue weighted by Crippen LogP contribution is -2.52. The molecule has 5 rings (SSSR count). The van der Waals surface area contributed by atoms with Crippen molar-refractivity contribution < 1.29 is 23.9 Å². The van der Waals surface area contributed by atoms with Crippen LogP contribution in [0.3, 0.4) is 0 Å². The number of nitrogens with zero attached hydrogens (tertiary/aromatic N) is 1. The molecule has 268 valence electrons. The molecule has 0 aliphatic rings. The van der Waals surface area contributed by atoms with E-state index in [-0.39, 0.29) is 38.1 Å². The first-order valence-corrected chi connectivity index (χ1v) is 18.0. The number of esters is 2. The Balaban J connectivity index is 1.36. The number of urea groups is 1. The third-order valence-corrected chi connectivity index (χ3v) is 8.78. The van der Waals surface area contributed by atoms with Crippen molar-refractivity contribution >= 4 is 18.0 Å². The summed E-state index contributed by atoms with van der Waals surface area (Å²) in [4.78, 5) is 43.3. The minimum Gasteiger partial charge on any atom is -0.461 e. The van der Waals surface area contributed by atoms with Crippen LogP contribution in [0.25, 0.3) is 11.1 Å². The average Bonchev–Trinajstić information content (AvgIpc) is 3.18. The molecule has 2 atom stereocenters. The van der Waals surface area contributed by atoms with Crippen LogP contribution in [-0.4, -0.2) is 42.0 Å². The van der Waals surface area contributed by atoms with Crippen LogP contribution in [0, 0.1) is 11.8 Å². The van der Waals surface area contributed by atoms with Crippen molar-refractivity contribution in [3.05, 3.63) is 168 Å². The minimum atomic E-state index is -0.968. The Bertz CT molecular complexity index is 1830. The Morgan fingerprint density at radius 2 is 1.08 bits per heavy atom. The van der Waals surface area contributed by atoms with Crippen LogP contribution in [0.2, 0.25) is 0 Å². The zero-order chi connectivity index (χ0) is 36.5. The highest BCUT2D eigenvalue weighted by molar-refractivity contribution is 5.84. The molecule has 0 bridgehead atoms. The van der Waals surface area contributed by atoms with Crippen LogP contribution in [0.4, 0.5) is 4.79 Å². The number of ether oxygens (including phenoxy) is 2.